The van der Waals surface area contributed by atoms with Crippen LogP contribution in [0.4, 0.5) is 0 Å². The van der Waals surface area contributed by atoms with Crippen LogP contribution in [0.15, 0.2) is 24.7 Å². The highest BCUT2D eigenvalue weighted by Gasteiger charge is 2.11. The molecule has 5 heteroatoms. The molecule has 0 saturated carbocycles. The summed E-state index contributed by atoms with van der Waals surface area (Å²) in [6, 6.07) is 1.73. The molecule has 0 amide bonds. The Labute approximate surface area is 93.8 Å². The Kier molecular flexibility index (Phi) is 2.96. The topological polar surface area (TPSA) is 63.8 Å². The van der Waals surface area contributed by atoms with Crippen molar-refractivity contribution in [3.63, 3.8) is 0 Å². The zero-order chi connectivity index (χ0) is 11.5. The first-order valence-corrected chi connectivity index (χ1v) is 5.10. The van der Waals surface area contributed by atoms with Crippen LogP contribution in [-0.4, -0.2) is 24.9 Å². The summed E-state index contributed by atoms with van der Waals surface area (Å²) in [7, 11) is 1.85. The van der Waals surface area contributed by atoms with Crippen LogP contribution in [0.3, 0.4) is 0 Å². The Bertz CT molecular complexity index is 480. The van der Waals surface area contributed by atoms with Crippen LogP contribution in [0, 0.1) is 6.92 Å². The van der Waals surface area contributed by atoms with E-state index in [0.717, 1.165) is 5.56 Å². The molecule has 0 aliphatic carbocycles. The molecule has 0 aliphatic heterocycles. The van der Waals surface area contributed by atoms with Gasteiger partial charge in [0.2, 0.25) is 0 Å². The number of rotatable bonds is 3. The Morgan fingerprint density at radius 2 is 2.31 bits per heavy atom. The van der Waals surface area contributed by atoms with Crippen LogP contribution >= 0.6 is 0 Å². The molecule has 5 nitrogen and oxygen atoms in total. The number of aromatic nitrogens is 4. The van der Waals surface area contributed by atoms with Gasteiger partial charge < -0.3 is 5.11 Å². The Morgan fingerprint density at radius 1 is 1.50 bits per heavy atom. The van der Waals surface area contributed by atoms with Gasteiger partial charge in [0.15, 0.2) is 0 Å². The summed E-state index contributed by atoms with van der Waals surface area (Å²) in [6.45, 7) is 1.81. The van der Waals surface area contributed by atoms with Gasteiger partial charge >= 0.3 is 0 Å². The Balaban J connectivity index is 2.11. The van der Waals surface area contributed by atoms with Crippen molar-refractivity contribution in [2.45, 2.75) is 19.4 Å². The lowest BCUT2D eigenvalue weighted by molar-refractivity contribution is 0.173. The summed E-state index contributed by atoms with van der Waals surface area (Å²) < 4.78 is 1.72. The third-order valence-corrected chi connectivity index (χ3v) is 2.33. The zero-order valence-electron chi connectivity index (χ0n) is 9.33. The van der Waals surface area contributed by atoms with E-state index in [1.54, 1.807) is 30.1 Å². The smallest absolute Gasteiger partial charge is 0.125 e. The standard InChI is InChI=1S/C11H14N4O/c1-8-12-4-3-10(14-8)11(16)5-9-6-13-15(2)7-9/h3-4,6-7,11,16H,5H2,1-2H3. The van der Waals surface area contributed by atoms with Crippen LogP contribution in [0.2, 0.25) is 0 Å². The first-order chi connectivity index (χ1) is 7.65. The van der Waals surface area contributed by atoms with E-state index < -0.39 is 6.10 Å². The summed E-state index contributed by atoms with van der Waals surface area (Å²) in [5.41, 5.74) is 1.64. The fraction of sp³-hybridized carbons (Fsp3) is 0.364. The lowest BCUT2D eigenvalue weighted by Crippen LogP contribution is -2.05. The van der Waals surface area contributed by atoms with E-state index in [0.29, 0.717) is 17.9 Å². The van der Waals surface area contributed by atoms with Gasteiger partial charge in [-0.15, -0.1) is 0 Å². The second kappa shape index (κ2) is 4.40. The van der Waals surface area contributed by atoms with Crippen molar-refractivity contribution < 1.29 is 5.11 Å². The van der Waals surface area contributed by atoms with Gasteiger partial charge in [-0.1, -0.05) is 0 Å². The molecule has 0 saturated heterocycles. The maximum Gasteiger partial charge on any atom is 0.125 e. The van der Waals surface area contributed by atoms with Crippen LogP contribution in [0.5, 0.6) is 0 Å². The number of hydrogen-bond acceptors (Lipinski definition) is 4. The first-order valence-electron chi connectivity index (χ1n) is 5.10. The fourth-order valence-electron chi connectivity index (χ4n) is 1.57. The van der Waals surface area contributed by atoms with Crippen molar-refractivity contribution >= 4 is 0 Å². The molecule has 2 rings (SSSR count). The van der Waals surface area contributed by atoms with Crippen LogP contribution < -0.4 is 0 Å². The zero-order valence-corrected chi connectivity index (χ0v) is 9.33. The molecule has 84 valence electrons. The molecule has 0 radical (unpaired) electrons. The number of aliphatic hydroxyl groups is 1. The number of aryl methyl sites for hydroxylation is 2. The van der Waals surface area contributed by atoms with E-state index >= 15 is 0 Å². The van der Waals surface area contributed by atoms with Gasteiger partial charge in [-0.2, -0.15) is 5.10 Å². The minimum atomic E-state index is -0.606. The Morgan fingerprint density at radius 3 is 2.94 bits per heavy atom. The highest BCUT2D eigenvalue weighted by Crippen LogP contribution is 2.15. The van der Waals surface area contributed by atoms with Crippen molar-refractivity contribution in [1.82, 2.24) is 19.7 Å². The lowest BCUT2D eigenvalue weighted by Gasteiger charge is -2.08. The predicted molar refractivity (Wildman–Crippen MR) is 58.6 cm³/mol. The SMILES string of the molecule is Cc1nccc(C(O)Cc2cnn(C)c2)n1. The molecular formula is C11H14N4O. The summed E-state index contributed by atoms with van der Waals surface area (Å²) in [5.74, 6) is 0.669. The van der Waals surface area contributed by atoms with Gasteiger partial charge in [-0.05, 0) is 18.6 Å². The van der Waals surface area contributed by atoms with Gasteiger partial charge in [-0.3, -0.25) is 4.68 Å². The molecule has 16 heavy (non-hydrogen) atoms. The maximum absolute atomic E-state index is 9.98. The van der Waals surface area contributed by atoms with E-state index in [4.69, 9.17) is 0 Å². The average molecular weight is 218 g/mol. The summed E-state index contributed by atoms with van der Waals surface area (Å²) >= 11 is 0. The van der Waals surface area contributed by atoms with E-state index in [2.05, 4.69) is 15.1 Å². The molecule has 0 bridgehead atoms. The normalized spacial score (nSPS) is 12.7. The quantitative estimate of drug-likeness (QED) is 0.827. The largest absolute Gasteiger partial charge is 0.386 e. The molecule has 2 aromatic heterocycles. The average Bonchev–Trinajstić information content (AvgIpc) is 2.64. The molecule has 2 heterocycles. The minimum absolute atomic E-state index is 0.518. The molecule has 2 aromatic rings. The highest BCUT2D eigenvalue weighted by molar-refractivity contribution is 5.12. The maximum atomic E-state index is 9.98. The second-order valence-electron chi connectivity index (χ2n) is 3.77. The van der Waals surface area contributed by atoms with Crippen molar-refractivity contribution in [2.75, 3.05) is 0 Å². The molecule has 1 unspecified atom stereocenters. The molecule has 1 N–H and O–H groups in total. The number of hydrogen-bond donors (Lipinski definition) is 1. The monoisotopic (exact) mass is 218 g/mol. The van der Waals surface area contributed by atoms with Crippen LogP contribution in [0.25, 0.3) is 0 Å². The van der Waals surface area contributed by atoms with Crippen molar-refractivity contribution in [2.24, 2.45) is 7.05 Å². The predicted octanol–water partition coefficient (Wildman–Crippen LogP) is 0.795. The number of aliphatic hydroxyl groups excluding tert-OH is 1. The van der Waals surface area contributed by atoms with Gasteiger partial charge in [0, 0.05) is 25.9 Å². The summed E-state index contributed by atoms with van der Waals surface area (Å²) in [5, 5.41) is 14.0. The van der Waals surface area contributed by atoms with E-state index in [-0.39, 0.29) is 0 Å². The molecule has 0 spiro atoms. The third kappa shape index (κ3) is 2.43. The molecular weight excluding hydrogens is 204 g/mol. The summed E-state index contributed by atoms with van der Waals surface area (Å²) in [6.07, 6.45) is 5.20. The molecule has 1 atom stereocenters. The van der Waals surface area contributed by atoms with Crippen molar-refractivity contribution in [3.05, 3.63) is 41.7 Å². The van der Waals surface area contributed by atoms with E-state index in [9.17, 15) is 5.11 Å². The van der Waals surface area contributed by atoms with E-state index in [1.165, 1.54) is 0 Å². The van der Waals surface area contributed by atoms with Crippen molar-refractivity contribution in [1.29, 1.82) is 0 Å². The van der Waals surface area contributed by atoms with Crippen LogP contribution in [-0.2, 0) is 13.5 Å². The highest BCUT2D eigenvalue weighted by atomic mass is 16.3. The fourth-order valence-corrected chi connectivity index (χ4v) is 1.57. The first kappa shape index (κ1) is 10.8. The number of nitrogens with zero attached hydrogens (tertiary/aromatic N) is 4. The lowest BCUT2D eigenvalue weighted by atomic mass is 10.1. The van der Waals surface area contributed by atoms with Gasteiger partial charge in [0.05, 0.1) is 11.9 Å². The Hall–Kier alpha value is -1.75. The molecule has 0 aliphatic rings. The third-order valence-electron chi connectivity index (χ3n) is 2.33. The van der Waals surface area contributed by atoms with Gasteiger partial charge in [-0.25, -0.2) is 9.97 Å². The van der Waals surface area contributed by atoms with Gasteiger partial charge in [0.25, 0.3) is 0 Å². The van der Waals surface area contributed by atoms with E-state index in [1.807, 2.05) is 13.2 Å². The summed E-state index contributed by atoms with van der Waals surface area (Å²) in [4.78, 5) is 8.18. The van der Waals surface area contributed by atoms with Crippen LogP contribution in [0.1, 0.15) is 23.2 Å². The van der Waals surface area contributed by atoms with Crippen molar-refractivity contribution in [3.8, 4) is 0 Å². The molecule has 0 fully saturated rings. The minimum Gasteiger partial charge on any atom is -0.386 e. The van der Waals surface area contributed by atoms with Gasteiger partial charge in [0.1, 0.15) is 11.9 Å². The second-order valence-corrected chi connectivity index (χ2v) is 3.77. The molecule has 0 aromatic carbocycles.